The van der Waals surface area contributed by atoms with Gasteiger partial charge in [0.2, 0.25) is 0 Å². The van der Waals surface area contributed by atoms with Gasteiger partial charge in [-0.15, -0.1) is 0 Å². The average molecular weight is 462 g/mol. The summed E-state index contributed by atoms with van der Waals surface area (Å²) in [5.74, 6) is 2.02. The molecule has 0 spiro atoms. The summed E-state index contributed by atoms with van der Waals surface area (Å²) in [6.45, 7) is 6.73. The summed E-state index contributed by atoms with van der Waals surface area (Å²) in [6, 6.07) is 11.4. The van der Waals surface area contributed by atoms with Crippen molar-refractivity contribution in [1.29, 1.82) is 0 Å². The van der Waals surface area contributed by atoms with E-state index in [2.05, 4.69) is 34.1 Å². The minimum absolute atomic E-state index is 0.218. The zero-order valence-corrected chi connectivity index (χ0v) is 19.5. The molecule has 0 aliphatic carbocycles. The molecule has 34 heavy (non-hydrogen) atoms. The van der Waals surface area contributed by atoms with Gasteiger partial charge in [-0.25, -0.2) is 28.4 Å². The molecule has 2 aromatic heterocycles. The molecule has 7 nitrogen and oxygen atoms in total. The number of hydrogen-bond donors (Lipinski definition) is 1. The third-order valence-corrected chi connectivity index (χ3v) is 6.12. The molecule has 5 rings (SSSR count). The summed E-state index contributed by atoms with van der Waals surface area (Å²) in [5, 5.41) is 7.29. The van der Waals surface area contributed by atoms with Crippen LogP contribution in [0.5, 0.6) is 0 Å². The first kappa shape index (κ1) is 21.9. The van der Waals surface area contributed by atoms with Crippen LogP contribution in [-0.2, 0) is 11.8 Å². The van der Waals surface area contributed by atoms with Gasteiger partial charge < -0.3 is 10.2 Å². The number of aryl methyl sites for hydroxylation is 1. The van der Waals surface area contributed by atoms with Crippen molar-refractivity contribution in [3.8, 4) is 5.69 Å². The smallest absolute Gasteiger partial charge is 0.149 e. The molecular formula is C25H25F2N7. The maximum atomic E-state index is 14.9. The van der Waals surface area contributed by atoms with Gasteiger partial charge in [0.25, 0.3) is 0 Å². The van der Waals surface area contributed by atoms with E-state index in [1.807, 2.05) is 13.1 Å². The van der Waals surface area contributed by atoms with Crippen LogP contribution in [0.25, 0.3) is 5.69 Å². The van der Waals surface area contributed by atoms with Crippen molar-refractivity contribution < 1.29 is 8.78 Å². The van der Waals surface area contributed by atoms with Crippen LogP contribution >= 0.6 is 0 Å². The van der Waals surface area contributed by atoms with Crippen LogP contribution in [0.1, 0.15) is 36.6 Å². The molecule has 0 saturated carbocycles. The molecule has 0 fully saturated rings. The maximum Gasteiger partial charge on any atom is 0.149 e. The molecule has 1 aliphatic heterocycles. The van der Waals surface area contributed by atoms with Gasteiger partial charge >= 0.3 is 0 Å². The third-order valence-electron chi connectivity index (χ3n) is 6.12. The van der Waals surface area contributed by atoms with E-state index >= 15 is 0 Å². The molecule has 9 heteroatoms. The van der Waals surface area contributed by atoms with Crippen LogP contribution in [0.2, 0.25) is 0 Å². The fourth-order valence-electron chi connectivity index (χ4n) is 4.51. The second kappa shape index (κ2) is 8.16. The highest BCUT2D eigenvalue weighted by Gasteiger charge is 2.40. The largest absolute Gasteiger partial charge is 0.373 e. The van der Waals surface area contributed by atoms with E-state index in [1.165, 1.54) is 29.2 Å². The second-order valence-corrected chi connectivity index (χ2v) is 9.07. The van der Waals surface area contributed by atoms with Crippen molar-refractivity contribution in [1.82, 2.24) is 24.7 Å². The molecule has 4 aromatic rings. The molecule has 1 aliphatic rings. The Labute approximate surface area is 196 Å². The molecule has 1 N–H and O–H groups in total. The van der Waals surface area contributed by atoms with Crippen molar-refractivity contribution in [2.24, 2.45) is 0 Å². The van der Waals surface area contributed by atoms with Gasteiger partial charge in [0, 0.05) is 36.7 Å². The molecule has 2 aromatic carbocycles. The molecule has 0 amide bonds. The molecule has 174 valence electrons. The van der Waals surface area contributed by atoms with E-state index in [0.717, 1.165) is 28.5 Å². The van der Waals surface area contributed by atoms with Crippen LogP contribution in [0.3, 0.4) is 0 Å². The normalized spacial score (nSPS) is 14.4. The molecule has 0 radical (unpaired) electrons. The number of nitrogens with one attached hydrogen (secondary N) is 1. The topological polar surface area (TPSA) is 71.8 Å². The molecule has 0 bridgehead atoms. The number of aromatic nitrogens is 5. The van der Waals surface area contributed by atoms with Crippen LogP contribution < -0.4 is 10.2 Å². The number of halogens is 2. The van der Waals surface area contributed by atoms with Crippen molar-refractivity contribution >= 4 is 17.3 Å². The third kappa shape index (κ3) is 3.76. The Kier molecular flexibility index (Phi) is 5.27. The number of nitrogens with zero attached hydrogens (tertiary/aromatic N) is 6. The molecule has 0 saturated heterocycles. The second-order valence-electron chi connectivity index (χ2n) is 9.07. The number of anilines is 3. The maximum absolute atomic E-state index is 14.9. The number of fused-ring (bicyclic) bond motifs is 1. The van der Waals surface area contributed by atoms with E-state index in [4.69, 9.17) is 9.97 Å². The molecule has 3 heterocycles. The highest BCUT2D eigenvalue weighted by molar-refractivity contribution is 5.74. The number of hydrogen-bond acceptors (Lipinski definition) is 6. The number of rotatable bonds is 5. The van der Waals surface area contributed by atoms with Gasteiger partial charge in [-0.2, -0.15) is 5.10 Å². The SMILES string of the molecule is CNc1nc(Cc2ccc(-n3ncnc3C)c(F)c2)nc2c1C(C)(C)CN2c1ccc(F)cc1. The van der Waals surface area contributed by atoms with Crippen molar-refractivity contribution in [2.45, 2.75) is 32.6 Å². The van der Waals surface area contributed by atoms with E-state index in [0.29, 0.717) is 30.3 Å². The summed E-state index contributed by atoms with van der Waals surface area (Å²) >= 11 is 0. The lowest BCUT2D eigenvalue weighted by Crippen LogP contribution is -2.25. The van der Waals surface area contributed by atoms with Crippen molar-refractivity contribution in [3.63, 3.8) is 0 Å². The van der Waals surface area contributed by atoms with E-state index in [1.54, 1.807) is 25.1 Å². The van der Waals surface area contributed by atoms with Gasteiger partial charge in [0.05, 0.1) is 0 Å². The van der Waals surface area contributed by atoms with Gasteiger partial charge in [-0.05, 0) is 48.9 Å². The minimum atomic E-state index is -0.393. The Hall–Kier alpha value is -3.88. The Morgan fingerprint density at radius 2 is 1.82 bits per heavy atom. The summed E-state index contributed by atoms with van der Waals surface area (Å²) in [7, 11) is 1.83. The fraction of sp³-hybridized carbons (Fsp3) is 0.280. The first-order chi connectivity index (χ1) is 16.3. The van der Waals surface area contributed by atoms with Crippen LogP contribution in [-0.4, -0.2) is 38.3 Å². The van der Waals surface area contributed by atoms with Gasteiger partial charge in [0.1, 0.15) is 46.9 Å². The molecule has 0 unspecified atom stereocenters. The Morgan fingerprint density at radius 1 is 1.06 bits per heavy atom. The van der Waals surface area contributed by atoms with E-state index in [-0.39, 0.29) is 11.2 Å². The van der Waals surface area contributed by atoms with Crippen LogP contribution in [0.15, 0.2) is 48.8 Å². The predicted molar refractivity (Wildman–Crippen MR) is 127 cm³/mol. The zero-order valence-electron chi connectivity index (χ0n) is 19.5. The Bertz CT molecular complexity index is 1360. The van der Waals surface area contributed by atoms with E-state index in [9.17, 15) is 8.78 Å². The lowest BCUT2D eigenvalue weighted by atomic mass is 9.88. The van der Waals surface area contributed by atoms with Gasteiger partial charge in [-0.3, -0.25) is 0 Å². The zero-order chi connectivity index (χ0) is 24.0. The van der Waals surface area contributed by atoms with Gasteiger partial charge in [0.15, 0.2) is 0 Å². The summed E-state index contributed by atoms with van der Waals surface area (Å²) in [5.41, 5.74) is 2.73. The monoisotopic (exact) mass is 461 g/mol. The average Bonchev–Trinajstić information content (AvgIpc) is 3.34. The first-order valence-corrected chi connectivity index (χ1v) is 11.0. The predicted octanol–water partition coefficient (Wildman–Crippen LogP) is 4.71. The summed E-state index contributed by atoms with van der Waals surface area (Å²) in [6.07, 6.45) is 1.75. The highest BCUT2D eigenvalue weighted by atomic mass is 19.1. The molecular weight excluding hydrogens is 436 g/mol. The highest BCUT2D eigenvalue weighted by Crippen LogP contribution is 2.46. The summed E-state index contributed by atoms with van der Waals surface area (Å²) in [4.78, 5) is 15.8. The van der Waals surface area contributed by atoms with Crippen molar-refractivity contribution in [2.75, 3.05) is 23.8 Å². The number of benzene rings is 2. The lowest BCUT2D eigenvalue weighted by molar-refractivity contribution is 0.568. The summed E-state index contributed by atoms with van der Waals surface area (Å²) < 4.78 is 29.9. The van der Waals surface area contributed by atoms with E-state index < -0.39 is 5.82 Å². The first-order valence-electron chi connectivity index (χ1n) is 11.0. The Morgan fingerprint density at radius 3 is 2.47 bits per heavy atom. The standard InChI is InChI=1S/C25H25F2N7/c1-15-29-14-30-34(15)20-10-5-16(11-19(20)27)12-21-31-23(28-4)22-24(32-21)33(13-25(22,2)3)18-8-6-17(26)7-9-18/h5-11,14H,12-13H2,1-4H3,(H,28,31,32). The fourth-order valence-corrected chi connectivity index (χ4v) is 4.51. The minimum Gasteiger partial charge on any atom is -0.373 e. The molecule has 0 atom stereocenters. The van der Waals surface area contributed by atoms with Crippen LogP contribution in [0.4, 0.5) is 26.1 Å². The lowest BCUT2D eigenvalue weighted by Gasteiger charge is -2.21. The van der Waals surface area contributed by atoms with Gasteiger partial charge in [-0.1, -0.05) is 19.9 Å². The quantitative estimate of drug-likeness (QED) is 0.464. The van der Waals surface area contributed by atoms with Crippen LogP contribution in [0, 0.1) is 18.6 Å². The van der Waals surface area contributed by atoms with Crippen molar-refractivity contribution in [3.05, 3.63) is 83.2 Å². The Balaban J connectivity index is 1.53.